The molecule has 0 aliphatic carbocycles. The largest absolute Gasteiger partial charge is 0.496 e. The lowest BCUT2D eigenvalue weighted by Gasteiger charge is -2.12. The Hall–Kier alpha value is -0.890. The molecule has 1 aromatic carbocycles. The fourth-order valence-corrected chi connectivity index (χ4v) is 3.30. The van der Waals surface area contributed by atoms with E-state index in [-0.39, 0.29) is 0 Å². The molecule has 0 saturated carbocycles. The van der Waals surface area contributed by atoms with Gasteiger partial charge in [0.2, 0.25) is 0 Å². The molecule has 0 atom stereocenters. The second-order valence-corrected chi connectivity index (χ2v) is 6.32. The molecule has 0 saturated heterocycles. The van der Waals surface area contributed by atoms with Crippen LogP contribution in [0.4, 0.5) is 5.82 Å². The van der Waals surface area contributed by atoms with Gasteiger partial charge in [0, 0.05) is 12.1 Å². The number of methoxy groups -OCH3 is 1. The number of benzene rings is 1. The third kappa shape index (κ3) is 3.66. The van der Waals surface area contributed by atoms with Crippen molar-refractivity contribution in [2.24, 2.45) is 0 Å². The molecule has 0 aliphatic rings. The summed E-state index contributed by atoms with van der Waals surface area (Å²) >= 11 is 5.81. The molecule has 0 amide bonds. The SMILES string of the molecule is CCNc1nc(-c2ccc(OC)c(Br)c2)nc(CC)c1I. The molecule has 0 aliphatic heterocycles. The molecule has 2 rings (SSSR count). The molecular formula is C15H17BrIN3O. The summed E-state index contributed by atoms with van der Waals surface area (Å²) in [6, 6.07) is 5.87. The maximum atomic E-state index is 5.26. The zero-order valence-electron chi connectivity index (χ0n) is 12.2. The molecule has 0 radical (unpaired) electrons. The van der Waals surface area contributed by atoms with E-state index in [0.29, 0.717) is 0 Å². The molecule has 0 spiro atoms. The summed E-state index contributed by atoms with van der Waals surface area (Å²) in [5, 5.41) is 3.30. The van der Waals surface area contributed by atoms with E-state index >= 15 is 0 Å². The van der Waals surface area contributed by atoms with Gasteiger partial charge in [-0.05, 0) is 70.1 Å². The van der Waals surface area contributed by atoms with Gasteiger partial charge < -0.3 is 10.1 Å². The number of anilines is 1. The van der Waals surface area contributed by atoms with E-state index in [1.54, 1.807) is 7.11 Å². The van der Waals surface area contributed by atoms with E-state index in [4.69, 9.17) is 4.74 Å². The summed E-state index contributed by atoms with van der Waals surface area (Å²) in [6.07, 6.45) is 0.878. The lowest BCUT2D eigenvalue weighted by atomic mass is 10.2. The maximum absolute atomic E-state index is 5.26. The molecular weight excluding hydrogens is 445 g/mol. The molecule has 4 nitrogen and oxygen atoms in total. The van der Waals surface area contributed by atoms with Gasteiger partial charge in [-0.3, -0.25) is 0 Å². The summed E-state index contributed by atoms with van der Waals surface area (Å²) in [6.45, 7) is 5.00. The van der Waals surface area contributed by atoms with Gasteiger partial charge in [-0.2, -0.15) is 0 Å². The van der Waals surface area contributed by atoms with Crippen molar-refractivity contribution in [3.8, 4) is 17.1 Å². The Morgan fingerprint density at radius 1 is 1.29 bits per heavy atom. The van der Waals surface area contributed by atoms with Crippen LogP contribution < -0.4 is 10.1 Å². The third-order valence-electron chi connectivity index (χ3n) is 3.01. The van der Waals surface area contributed by atoms with Crippen molar-refractivity contribution in [2.75, 3.05) is 19.0 Å². The minimum atomic E-state index is 0.728. The van der Waals surface area contributed by atoms with Crippen molar-refractivity contribution in [1.82, 2.24) is 9.97 Å². The van der Waals surface area contributed by atoms with E-state index in [2.05, 4.69) is 67.7 Å². The van der Waals surface area contributed by atoms with E-state index in [0.717, 1.165) is 49.7 Å². The van der Waals surface area contributed by atoms with Crippen LogP contribution in [-0.2, 0) is 6.42 Å². The van der Waals surface area contributed by atoms with Crippen LogP contribution in [0.3, 0.4) is 0 Å². The first kappa shape index (κ1) is 16.5. The van der Waals surface area contributed by atoms with Crippen LogP contribution in [0.15, 0.2) is 22.7 Å². The predicted molar refractivity (Wildman–Crippen MR) is 98.0 cm³/mol. The average molecular weight is 462 g/mol. The van der Waals surface area contributed by atoms with Crippen molar-refractivity contribution >= 4 is 44.3 Å². The molecule has 21 heavy (non-hydrogen) atoms. The number of halogens is 2. The number of hydrogen-bond donors (Lipinski definition) is 1. The molecule has 1 heterocycles. The second-order valence-electron chi connectivity index (χ2n) is 4.39. The van der Waals surface area contributed by atoms with Crippen LogP contribution in [0.5, 0.6) is 5.75 Å². The number of hydrogen-bond acceptors (Lipinski definition) is 4. The Labute approximate surface area is 147 Å². The van der Waals surface area contributed by atoms with Crippen LogP contribution in [-0.4, -0.2) is 23.6 Å². The molecule has 1 N–H and O–H groups in total. The summed E-state index contributed by atoms with van der Waals surface area (Å²) in [7, 11) is 1.65. The first-order chi connectivity index (χ1) is 10.1. The molecule has 0 unspecified atom stereocenters. The monoisotopic (exact) mass is 461 g/mol. The van der Waals surface area contributed by atoms with E-state index in [1.807, 2.05) is 18.2 Å². The van der Waals surface area contributed by atoms with Gasteiger partial charge in [-0.25, -0.2) is 9.97 Å². The Morgan fingerprint density at radius 3 is 2.62 bits per heavy atom. The van der Waals surface area contributed by atoms with Gasteiger partial charge in [0.25, 0.3) is 0 Å². The van der Waals surface area contributed by atoms with Crippen LogP contribution in [0, 0.1) is 3.57 Å². The molecule has 1 aromatic heterocycles. The fraction of sp³-hybridized carbons (Fsp3) is 0.333. The molecule has 112 valence electrons. The quantitative estimate of drug-likeness (QED) is 0.665. The number of nitrogens with zero attached hydrogens (tertiary/aromatic N) is 2. The van der Waals surface area contributed by atoms with E-state index < -0.39 is 0 Å². The maximum Gasteiger partial charge on any atom is 0.161 e. The number of aryl methyl sites for hydroxylation is 1. The summed E-state index contributed by atoms with van der Waals surface area (Å²) < 4.78 is 7.25. The number of nitrogens with one attached hydrogen (secondary N) is 1. The average Bonchev–Trinajstić information content (AvgIpc) is 2.49. The zero-order chi connectivity index (χ0) is 15.4. The zero-order valence-corrected chi connectivity index (χ0v) is 15.9. The number of rotatable bonds is 5. The number of aromatic nitrogens is 2. The first-order valence-corrected chi connectivity index (χ1v) is 8.62. The van der Waals surface area contributed by atoms with Gasteiger partial charge in [-0.1, -0.05) is 6.92 Å². The topological polar surface area (TPSA) is 47.0 Å². The lowest BCUT2D eigenvalue weighted by molar-refractivity contribution is 0.412. The first-order valence-electron chi connectivity index (χ1n) is 6.74. The minimum Gasteiger partial charge on any atom is -0.496 e. The molecule has 6 heteroatoms. The standard InChI is InChI=1S/C15H17BrIN3O/c1-4-11-13(17)15(18-5-2)20-14(19-11)9-6-7-12(21-3)10(16)8-9/h6-8H,4-5H2,1-3H3,(H,18,19,20). The lowest BCUT2D eigenvalue weighted by Crippen LogP contribution is -2.07. The molecule has 0 bridgehead atoms. The van der Waals surface area contributed by atoms with Crippen molar-refractivity contribution in [2.45, 2.75) is 20.3 Å². The second kappa shape index (κ2) is 7.40. The highest BCUT2D eigenvalue weighted by Gasteiger charge is 2.13. The minimum absolute atomic E-state index is 0.728. The fourth-order valence-electron chi connectivity index (χ4n) is 1.95. The highest BCUT2D eigenvalue weighted by Crippen LogP contribution is 2.30. The van der Waals surface area contributed by atoms with Crippen molar-refractivity contribution in [3.63, 3.8) is 0 Å². The van der Waals surface area contributed by atoms with Crippen molar-refractivity contribution < 1.29 is 4.74 Å². The predicted octanol–water partition coefficient (Wildman–Crippen LogP) is 4.51. The molecule has 2 aromatic rings. The van der Waals surface area contributed by atoms with Crippen LogP contribution >= 0.6 is 38.5 Å². The Morgan fingerprint density at radius 2 is 2.05 bits per heavy atom. The number of ether oxygens (including phenoxy) is 1. The van der Waals surface area contributed by atoms with Gasteiger partial charge in [0.15, 0.2) is 5.82 Å². The van der Waals surface area contributed by atoms with E-state index in [1.165, 1.54) is 0 Å². The van der Waals surface area contributed by atoms with E-state index in [9.17, 15) is 0 Å². The Balaban J connectivity index is 2.52. The summed E-state index contributed by atoms with van der Waals surface area (Å²) in [5.41, 5.74) is 2.02. The van der Waals surface area contributed by atoms with Crippen LogP contribution in [0.25, 0.3) is 11.4 Å². The van der Waals surface area contributed by atoms with Crippen molar-refractivity contribution in [3.05, 3.63) is 31.9 Å². The summed E-state index contributed by atoms with van der Waals surface area (Å²) in [4.78, 5) is 9.33. The van der Waals surface area contributed by atoms with Gasteiger partial charge in [0.1, 0.15) is 11.6 Å². The Kier molecular flexibility index (Phi) is 5.80. The Bertz CT molecular complexity index is 649. The van der Waals surface area contributed by atoms with Gasteiger partial charge >= 0.3 is 0 Å². The third-order valence-corrected chi connectivity index (χ3v) is 4.76. The normalized spacial score (nSPS) is 10.5. The van der Waals surface area contributed by atoms with Gasteiger partial charge in [0.05, 0.1) is 20.8 Å². The van der Waals surface area contributed by atoms with Crippen LogP contribution in [0.2, 0.25) is 0 Å². The molecule has 0 fully saturated rings. The highest BCUT2D eigenvalue weighted by molar-refractivity contribution is 14.1. The smallest absolute Gasteiger partial charge is 0.161 e. The highest BCUT2D eigenvalue weighted by atomic mass is 127. The van der Waals surface area contributed by atoms with Gasteiger partial charge in [-0.15, -0.1) is 0 Å². The summed E-state index contributed by atoms with van der Waals surface area (Å²) in [5.74, 6) is 2.42. The van der Waals surface area contributed by atoms with Crippen LogP contribution in [0.1, 0.15) is 19.5 Å². The van der Waals surface area contributed by atoms with Crippen molar-refractivity contribution in [1.29, 1.82) is 0 Å².